The number of para-hydroxylation sites is 1. The van der Waals surface area contributed by atoms with Gasteiger partial charge in [0, 0.05) is 30.7 Å². The molecule has 0 fully saturated rings. The van der Waals surface area contributed by atoms with E-state index in [1.807, 2.05) is 29.2 Å². The molecule has 3 rings (SSSR count). The van der Waals surface area contributed by atoms with Gasteiger partial charge in [0.1, 0.15) is 0 Å². The van der Waals surface area contributed by atoms with Crippen LogP contribution in [-0.4, -0.2) is 23.5 Å². The van der Waals surface area contributed by atoms with Crippen LogP contribution in [-0.2, 0) is 6.42 Å². The van der Waals surface area contributed by atoms with E-state index in [-0.39, 0.29) is 5.91 Å². The Kier molecular flexibility index (Phi) is 4.09. The minimum absolute atomic E-state index is 0.0204. The first-order chi connectivity index (χ1) is 10.6. The maximum Gasteiger partial charge on any atom is 0.259 e. The van der Waals surface area contributed by atoms with Gasteiger partial charge in [0.15, 0.2) is 0 Å². The Balaban J connectivity index is 1.89. The topological polar surface area (TPSA) is 45.2 Å². The second-order valence-corrected chi connectivity index (χ2v) is 5.95. The molecule has 2 aromatic rings. The summed E-state index contributed by atoms with van der Waals surface area (Å²) in [4.78, 5) is 18.9. The number of rotatable bonds is 3. The van der Waals surface area contributed by atoms with Crippen molar-refractivity contribution >= 4 is 17.3 Å². The molecule has 1 amide bonds. The van der Waals surface area contributed by atoms with Gasteiger partial charge in [0.05, 0.1) is 11.3 Å². The molecule has 4 nitrogen and oxygen atoms in total. The standard InChI is InChI=1S/C18H21N3O/c1-13(2)20-16-10-15(11-19-12-16)18(22)21-9-5-7-14-6-3-4-8-17(14)21/h3-4,6,8,10-13,20H,5,7,9H2,1-2H3. The molecular formula is C18H21N3O. The molecule has 0 spiro atoms. The maximum absolute atomic E-state index is 12.9. The summed E-state index contributed by atoms with van der Waals surface area (Å²) in [7, 11) is 0. The molecule has 1 aliphatic rings. The van der Waals surface area contributed by atoms with Crippen molar-refractivity contribution in [1.82, 2.24) is 4.98 Å². The molecule has 0 radical (unpaired) electrons. The summed E-state index contributed by atoms with van der Waals surface area (Å²) < 4.78 is 0. The summed E-state index contributed by atoms with van der Waals surface area (Å²) in [6, 6.07) is 10.3. The molecule has 0 saturated heterocycles. The number of nitrogens with one attached hydrogen (secondary N) is 1. The highest BCUT2D eigenvalue weighted by Gasteiger charge is 2.23. The highest BCUT2D eigenvalue weighted by molar-refractivity contribution is 6.07. The molecule has 0 unspecified atom stereocenters. The van der Waals surface area contributed by atoms with Crippen LogP contribution in [0.4, 0.5) is 11.4 Å². The second-order valence-electron chi connectivity index (χ2n) is 5.95. The predicted octanol–water partition coefficient (Wildman–Crippen LogP) is 3.49. The number of amides is 1. The lowest BCUT2D eigenvalue weighted by Gasteiger charge is -2.29. The van der Waals surface area contributed by atoms with Crippen LogP contribution in [0.5, 0.6) is 0 Å². The van der Waals surface area contributed by atoms with Crippen LogP contribution in [0.2, 0.25) is 0 Å². The van der Waals surface area contributed by atoms with Gasteiger partial charge in [0.25, 0.3) is 5.91 Å². The number of anilines is 2. The van der Waals surface area contributed by atoms with Crippen molar-refractivity contribution in [3.8, 4) is 0 Å². The number of fused-ring (bicyclic) bond motifs is 1. The fourth-order valence-corrected chi connectivity index (χ4v) is 2.87. The Morgan fingerprint density at radius 2 is 2.09 bits per heavy atom. The fraction of sp³-hybridized carbons (Fsp3) is 0.333. The molecule has 1 aromatic carbocycles. The molecule has 2 heterocycles. The van der Waals surface area contributed by atoms with E-state index in [4.69, 9.17) is 0 Å². The molecule has 4 heteroatoms. The number of carbonyl (C=O) groups excluding carboxylic acids is 1. The van der Waals surface area contributed by atoms with Gasteiger partial charge in [-0.2, -0.15) is 0 Å². The summed E-state index contributed by atoms with van der Waals surface area (Å²) in [5, 5.41) is 3.29. The number of pyridine rings is 1. The van der Waals surface area contributed by atoms with Crippen LogP contribution in [0.3, 0.4) is 0 Å². The average Bonchev–Trinajstić information content (AvgIpc) is 2.53. The Labute approximate surface area is 131 Å². The van der Waals surface area contributed by atoms with Gasteiger partial charge in [-0.3, -0.25) is 9.78 Å². The summed E-state index contributed by atoms with van der Waals surface area (Å²) >= 11 is 0. The Morgan fingerprint density at radius 3 is 2.91 bits per heavy atom. The third kappa shape index (κ3) is 2.96. The zero-order valence-electron chi connectivity index (χ0n) is 13.0. The second kappa shape index (κ2) is 6.18. The fourth-order valence-electron chi connectivity index (χ4n) is 2.87. The summed E-state index contributed by atoms with van der Waals surface area (Å²) in [5.41, 5.74) is 3.78. The molecule has 1 N–H and O–H groups in total. The number of benzene rings is 1. The number of nitrogens with zero attached hydrogens (tertiary/aromatic N) is 2. The van der Waals surface area contributed by atoms with Crippen molar-refractivity contribution < 1.29 is 4.79 Å². The molecule has 0 atom stereocenters. The lowest BCUT2D eigenvalue weighted by Crippen LogP contribution is -2.35. The monoisotopic (exact) mass is 295 g/mol. The van der Waals surface area contributed by atoms with Crippen molar-refractivity contribution in [2.45, 2.75) is 32.7 Å². The average molecular weight is 295 g/mol. The van der Waals surface area contributed by atoms with Gasteiger partial charge < -0.3 is 10.2 Å². The molecule has 114 valence electrons. The van der Waals surface area contributed by atoms with Crippen LogP contribution in [0.15, 0.2) is 42.7 Å². The van der Waals surface area contributed by atoms with E-state index in [9.17, 15) is 4.79 Å². The number of carbonyl (C=O) groups is 1. The first kappa shape index (κ1) is 14.6. The molecule has 0 aliphatic carbocycles. The molecule has 22 heavy (non-hydrogen) atoms. The lowest BCUT2D eigenvalue weighted by molar-refractivity contribution is 0.0985. The van der Waals surface area contributed by atoms with Crippen LogP contribution in [0.1, 0.15) is 36.2 Å². The normalized spacial score (nSPS) is 13.9. The van der Waals surface area contributed by atoms with Gasteiger partial charge >= 0.3 is 0 Å². The van der Waals surface area contributed by atoms with Gasteiger partial charge in [-0.15, -0.1) is 0 Å². The van der Waals surface area contributed by atoms with E-state index < -0.39 is 0 Å². The molecular weight excluding hydrogens is 274 g/mol. The van der Waals surface area contributed by atoms with E-state index >= 15 is 0 Å². The Bertz CT molecular complexity index is 682. The van der Waals surface area contributed by atoms with Crippen LogP contribution >= 0.6 is 0 Å². The van der Waals surface area contributed by atoms with Gasteiger partial charge in [-0.25, -0.2) is 0 Å². The van der Waals surface area contributed by atoms with E-state index in [1.165, 1.54) is 5.56 Å². The largest absolute Gasteiger partial charge is 0.382 e. The molecule has 0 saturated carbocycles. The summed E-state index contributed by atoms with van der Waals surface area (Å²) in [6.45, 7) is 4.89. The minimum atomic E-state index is 0.0204. The van der Waals surface area contributed by atoms with Crippen molar-refractivity contribution in [1.29, 1.82) is 0 Å². The zero-order chi connectivity index (χ0) is 15.5. The number of aromatic nitrogens is 1. The van der Waals surface area contributed by atoms with Crippen molar-refractivity contribution in [3.05, 3.63) is 53.9 Å². The smallest absolute Gasteiger partial charge is 0.259 e. The molecule has 1 aliphatic heterocycles. The first-order valence-electron chi connectivity index (χ1n) is 7.76. The van der Waals surface area contributed by atoms with E-state index in [1.54, 1.807) is 12.4 Å². The van der Waals surface area contributed by atoms with Crippen molar-refractivity contribution in [3.63, 3.8) is 0 Å². The Hall–Kier alpha value is -2.36. The number of hydrogen-bond donors (Lipinski definition) is 1. The SMILES string of the molecule is CC(C)Nc1cncc(C(=O)N2CCCc3ccccc32)c1. The van der Waals surface area contributed by atoms with Crippen molar-refractivity contribution in [2.75, 3.05) is 16.8 Å². The molecule has 0 bridgehead atoms. The summed E-state index contributed by atoms with van der Waals surface area (Å²) in [6.07, 6.45) is 5.43. The van der Waals surface area contributed by atoms with Gasteiger partial charge in [-0.1, -0.05) is 18.2 Å². The maximum atomic E-state index is 12.9. The number of hydrogen-bond acceptors (Lipinski definition) is 3. The highest BCUT2D eigenvalue weighted by Crippen LogP contribution is 2.28. The van der Waals surface area contributed by atoms with E-state index in [0.29, 0.717) is 11.6 Å². The van der Waals surface area contributed by atoms with Gasteiger partial charge in [-0.05, 0) is 44.4 Å². The minimum Gasteiger partial charge on any atom is -0.382 e. The summed E-state index contributed by atoms with van der Waals surface area (Å²) in [5.74, 6) is 0.0204. The third-order valence-corrected chi connectivity index (χ3v) is 3.80. The molecule has 1 aromatic heterocycles. The quantitative estimate of drug-likeness (QED) is 0.942. The van der Waals surface area contributed by atoms with E-state index in [2.05, 4.69) is 30.2 Å². The third-order valence-electron chi connectivity index (χ3n) is 3.80. The Morgan fingerprint density at radius 1 is 1.27 bits per heavy atom. The number of aryl methyl sites for hydroxylation is 1. The van der Waals surface area contributed by atoms with E-state index in [0.717, 1.165) is 30.8 Å². The van der Waals surface area contributed by atoms with Crippen molar-refractivity contribution in [2.24, 2.45) is 0 Å². The van der Waals surface area contributed by atoms with Crippen LogP contribution in [0.25, 0.3) is 0 Å². The predicted molar refractivity (Wildman–Crippen MR) is 89.4 cm³/mol. The van der Waals surface area contributed by atoms with Crippen LogP contribution < -0.4 is 10.2 Å². The van der Waals surface area contributed by atoms with Crippen LogP contribution in [0, 0.1) is 0 Å². The lowest BCUT2D eigenvalue weighted by atomic mass is 10.0. The zero-order valence-corrected chi connectivity index (χ0v) is 13.0. The first-order valence-corrected chi connectivity index (χ1v) is 7.76. The van der Waals surface area contributed by atoms with Gasteiger partial charge in [0.2, 0.25) is 0 Å². The highest BCUT2D eigenvalue weighted by atomic mass is 16.2.